The molecule has 0 saturated carbocycles. The normalized spacial score (nSPS) is 14.5. The number of aliphatic imine (C=N–C) groups is 1. The number of ether oxygens (including phenoxy) is 2. The number of carbonyl (C=O) groups excluding carboxylic acids is 2. The van der Waals surface area contributed by atoms with E-state index in [1.165, 1.54) is 7.11 Å². The van der Waals surface area contributed by atoms with Crippen molar-refractivity contribution in [3.63, 3.8) is 0 Å². The van der Waals surface area contributed by atoms with Gasteiger partial charge in [-0.05, 0) is 18.2 Å². The Labute approximate surface area is 185 Å². The van der Waals surface area contributed by atoms with Gasteiger partial charge >= 0.3 is 5.97 Å². The van der Waals surface area contributed by atoms with Gasteiger partial charge in [-0.25, -0.2) is 4.79 Å². The summed E-state index contributed by atoms with van der Waals surface area (Å²) in [5.41, 5.74) is 2.86. The molecule has 2 aromatic carbocycles. The number of rotatable bonds is 6. The molecule has 32 heavy (non-hydrogen) atoms. The first-order chi connectivity index (χ1) is 15.6. The average molecular weight is 435 g/mol. The summed E-state index contributed by atoms with van der Waals surface area (Å²) in [6.07, 6.45) is 0.257. The van der Waals surface area contributed by atoms with Crippen molar-refractivity contribution in [2.24, 2.45) is 4.99 Å². The summed E-state index contributed by atoms with van der Waals surface area (Å²) in [7, 11) is 1.32. The fourth-order valence-corrected chi connectivity index (χ4v) is 3.81. The van der Waals surface area contributed by atoms with E-state index in [0.717, 1.165) is 5.56 Å². The minimum Gasteiger partial charge on any atom is -0.494 e. The number of methoxy groups -OCH3 is 1. The van der Waals surface area contributed by atoms with E-state index in [1.807, 2.05) is 30.3 Å². The third-order valence-electron chi connectivity index (χ3n) is 5.44. The quantitative estimate of drug-likeness (QED) is 0.458. The number of nitrogens with zero attached hydrogens (tertiary/aromatic N) is 2. The number of amides is 1. The van der Waals surface area contributed by atoms with Gasteiger partial charge in [0.25, 0.3) is 0 Å². The minimum absolute atomic E-state index is 0.0283. The van der Waals surface area contributed by atoms with Gasteiger partial charge in [0.05, 0.1) is 37.2 Å². The van der Waals surface area contributed by atoms with Crippen molar-refractivity contribution < 1.29 is 24.2 Å². The van der Waals surface area contributed by atoms with E-state index in [-0.39, 0.29) is 24.8 Å². The largest absolute Gasteiger partial charge is 0.494 e. The highest BCUT2D eigenvalue weighted by Crippen LogP contribution is 2.31. The molecule has 1 saturated heterocycles. The second-order valence-corrected chi connectivity index (χ2v) is 7.44. The number of benzene rings is 2. The molecule has 8 nitrogen and oxygen atoms in total. The molecule has 0 bridgehead atoms. The maximum atomic E-state index is 12.5. The Balaban J connectivity index is 1.70. The van der Waals surface area contributed by atoms with E-state index in [4.69, 9.17) is 14.5 Å². The standard InChI is InChI=1S/C24H25N3O5/c1-31-24(30)17-7-8-19-18(15-17)21(23(29)26-19)22(16-5-3-2-4-6-16)25-10-9-20(28)27-11-13-32-14-12-27/h2-8,15,26,29H,9-14H2,1H3. The van der Waals surface area contributed by atoms with Crippen LogP contribution in [0.2, 0.25) is 0 Å². The molecule has 0 atom stereocenters. The molecule has 4 rings (SSSR count). The van der Waals surface area contributed by atoms with Crippen molar-refractivity contribution in [2.45, 2.75) is 6.42 Å². The molecule has 1 aromatic heterocycles. The second-order valence-electron chi connectivity index (χ2n) is 7.44. The van der Waals surface area contributed by atoms with Crippen molar-refractivity contribution in [1.82, 2.24) is 9.88 Å². The molecule has 0 radical (unpaired) electrons. The summed E-state index contributed by atoms with van der Waals surface area (Å²) < 4.78 is 10.1. The smallest absolute Gasteiger partial charge is 0.337 e. The predicted molar refractivity (Wildman–Crippen MR) is 120 cm³/mol. The van der Waals surface area contributed by atoms with Crippen LogP contribution in [0.5, 0.6) is 5.88 Å². The second kappa shape index (κ2) is 9.65. The Hall–Kier alpha value is -3.65. The van der Waals surface area contributed by atoms with Gasteiger partial charge in [0.1, 0.15) is 0 Å². The van der Waals surface area contributed by atoms with Crippen LogP contribution in [-0.4, -0.2) is 72.5 Å². The van der Waals surface area contributed by atoms with E-state index in [1.54, 1.807) is 23.1 Å². The lowest BCUT2D eigenvalue weighted by molar-refractivity contribution is -0.135. The fraction of sp³-hybridized carbons (Fsp3) is 0.292. The number of H-pyrrole nitrogens is 1. The number of aromatic hydroxyl groups is 1. The topological polar surface area (TPSA) is 104 Å². The monoisotopic (exact) mass is 435 g/mol. The van der Waals surface area contributed by atoms with Gasteiger partial charge in [0.2, 0.25) is 5.91 Å². The number of aromatic amines is 1. The molecular formula is C24H25N3O5. The van der Waals surface area contributed by atoms with E-state index in [0.29, 0.717) is 54.0 Å². The Kier molecular flexibility index (Phi) is 6.51. The fourth-order valence-electron chi connectivity index (χ4n) is 3.81. The van der Waals surface area contributed by atoms with Crippen LogP contribution in [0.3, 0.4) is 0 Å². The zero-order valence-electron chi connectivity index (χ0n) is 17.8. The van der Waals surface area contributed by atoms with Crippen LogP contribution in [0.15, 0.2) is 53.5 Å². The molecule has 166 valence electrons. The summed E-state index contributed by atoms with van der Waals surface area (Å²) in [6.45, 7) is 2.55. The minimum atomic E-state index is -0.465. The molecule has 8 heteroatoms. The lowest BCUT2D eigenvalue weighted by Gasteiger charge is -2.26. The van der Waals surface area contributed by atoms with Crippen molar-refractivity contribution in [2.75, 3.05) is 40.0 Å². The van der Waals surface area contributed by atoms with Crippen molar-refractivity contribution in [1.29, 1.82) is 0 Å². The van der Waals surface area contributed by atoms with Gasteiger partial charge in [-0.1, -0.05) is 30.3 Å². The number of esters is 1. The first kappa shape index (κ1) is 21.6. The molecule has 0 aliphatic carbocycles. The third kappa shape index (κ3) is 4.50. The zero-order valence-corrected chi connectivity index (χ0v) is 17.8. The number of hydrogen-bond acceptors (Lipinski definition) is 6. The van der Waals surface area contributed by atoms with Crippen molar-refractivity contribution in [3.8, 4) is 5.88 Å². The highest BCUT2D eigenvalue weighted by Gasteiger charge is 2.21. The summed E-state index contributed by atoms with van der Waals surface area (Å²) in [6, 6.07) is 14.5. The Morgan fingerprint density at radius 1 is 1.12 bits per heavy atom. The predicted octanol–water partition coefficient (Wildman–Crippen LogP) is 2.75. The Morgan fingerprint density at radius 3 is 2.59 bits per heavy atom. The van der Waals surface area contributed by atoms with Crippen LogP contribution in [0, 0.1) is 0 Å². The third-order valence-corrected chi connectivity index (χ3v) is 5.44. The Bertz CT molecular complexity index is 1150. The number of aromatic nitrogens is 1. The van der Waals surface area contributed by atoms with Crippen molar-refractivity contribution in [3.05, 3.63) is 65.2 Å². The molecule has 1 amide bonds. The molecule has 1 aliphatic rings. The summed E-state index contributed by atoms with van der Waals surface area (Å²) in [4.78, 5) is 34.0. The highest BCUT2D eigenvalue weighted by molar-refractivity contribution is 6.21. The number of fused-ring (bicyclic) bond motifs is 1. The van der Waals surface area contributed by atoms with Crippen LogP contribution in [-0.2, 0) is 14.3 Å². The van der Waals surface area contributed by atoms with E-state index >= 15 is 0 Å². The molecular weight excluding hydrogens is 410 g/mol. The number of carbonyl (C=O) groups is 2. The molecule has 3 aromatic rings. The molecule has 1 aliphatic heterocycles. The number of nitrogens with one attached hydrogen (secondary N) is 1. The lowest BCUT2D eigenvalue weighted by Crippen LogP contribution is -2.40. The number of hydrogen-bond donors (Lipinski definition) is 2. The average Bonchev–Trinajstić information content (AvgIpc) is 3.17. The van der Waals surface area contributed by atoms with Gasteiger partial charge in [-0.15, -0.1) is 0 Å². The summed E-state index contributed by atoms with van der Waals surface area (Å²) in [5.74, 6) is -0.488. The van der Waals surface area contributed by atoms with Gasteiger partial charge in [0.15, 0.2) is 5.88 Å². The van der Waals surface area contributed by atoms with E-state index in [9.17, 15) is 14.7 Å². The number of morpholine rings is 1. The summed E-state index contributed by atoms with van der Waals surface area (Å²) >= 11 is 0. The van der Waals surface area contributed by atoms with Gasteiger partial charge in [-0.2, -0.15) is 0 Å². The Morgan fingerprint density at radius 2 is 1.88 bits per heavy atom. The van der Waals surface area contributed by atoms with Gasteiger partial charge < -0.3 is 24.5 Å². The highest BCUT2D eigenvalue weighted by atomic mass is 16.5. The maximum Gasteiger partial charge on any atom is 0.337 e. The summed E-state index contributed by atoms with van der Waals surface area (Å²) in [5, 5.41) is 11.4. The van der Waals surface area contributed by atoms with Crippen LogP contribution in [0.1, 0.15) is 27.9 Å². The SMILES string of the molecule is COC(=O)c1ccc2[nH]c(O)c(C(=NCCC(=O)N3CCOCC3)c3ccccc3)c2c1. The molecule has 2 N–H and O–H groups in total. The first-order valence-electron chi connectivity index (χ1n) is 10.5. The zero-order chi connectivity index (χ0) is 22.5. The first-order valence-corrected chi connectivity index (χ1v) is 10.5. The van der Waals surface area contributed by atoms with Crippen LogP contribution >= 0.6 is 0 Å². The van der Waals surface area contributed by atoms with Crippen LogP contribution in [0.4, 0.5) is 0 Å². The lowest BCUT2D eigenvalue weighted by atomic mass is 10.00. The molecule has 0 spiro atoms. The maximum absolute atomic E-state index is 12.5. The van der Waals surface area contributed by atoms with E-state index in [2.05, 4.69) is 4.98 Å². The molecule has 1 fully saturated rings. The van der Waals surface area contributed by atoms with E-state index < -0.39 is 5.97 Å². The molecule has 2 heterocycles. The van der Waals surface area contributed by atoms with Gasteiger partial charge in [0, 0.05) is 42.5 Å². The van der Waals surface area contributed by atoms with Crippen molar-refractivity contribution >= 4 is 28.5 Å². The van der Waals surface area contributed by atoms with Gasteiger partial charge in [-0.3, -0.25) is 9.79 Å². The molecule has 0 unspecified atom stereocenters. The van der Waals surface area contributed by atoms with Crippen LogP contribution < -0.4 is 0 Å². The van der Waals surface area contributed by atoms with Crippen LogP contribution in [0.25, 0.3) is 10.9 Å².